The monoisotopic (exact) mass is 1020 g/mol. The summed E-state index contributed by atoms with van der Waals surface area (Å²) in [5.74, 6) is -0.674. The van der Waals surface area contributed by atoms with Gasteiger partial charge in [0.2, 0.25) is 0 Å². The van der Waals surface area contributed by atoms with E-state index in [1.54, 1.807) is 18.2 Å². The lowest BCUT2D eigenvalue weighted by atomic mass is 10.0. The van der Waals surface area contributed by atoms with E-state index in [-0.39, 0.29) is 49.6 Å². The van der Waals surface area contributed by atoms with E-state index >= 15 is 0 Å². The molecule has 0 saturated carbocycles. The van der Waals surface area contributed by atoms with Gasteiger partial charge < -0.3 is 48.5 Å². The number of ether oxygens (including phenoxy) is 4. The van der Waals surface area contributed by atoms with Crippen molar-refractivity contribution in [3.05, 3.63) is 145 Å². The van der Waals surface area contributed by atoms with Crippen LogP contribution in [0.2, 0.25) is 0 Å². The molecule has 4 aliphatic rings. The van der Waals surface area contributed by atoms with Gasteiger partial charge in [-0.25, -0.2) is 19.2 Å². The van der Waals surface area contributed by atoms with Crippen LogP contribution in [0.4, 0.5) is 9.59 Å². The quantitative estimate of drug-likeness (QED) is 0.0872. The second-order valence-corrected chi connectivity index (χ2v) is 20.1. The third-order valence-electron chi connectivity index (χ3n) is 11.1. The minimum Gasteiger partial charge on any atom is -0.465 e. The van der Waals surface area contributed by atoms with Gasteiger partial charge in [-0.05, 0) is 186 Å². The van der Waals surface area contributed by atoms with E-state index in [1.165, 1.54) is 42.0 Å². The van der Waals surface area contributed by atoms with Gasteiger partial charge in [0.15, 0.2) is 0 Å². The van der Waals surface area contributed by atoms with Gasteiger partial charge in [0, 0.05) is 21.0 Å². The number of amides is 2. The first-order valence-electron chi connectivity index (χ1n) is 21.6. The van der Waals surface area contributed by atoms with Gasteiger partial charge in [-0.15, -0.1) is 0 Å². The molecule has 0 unspecified atom stereocenters. The zero-order valence-electron chi connectivity index (χ0n) is 39.1. The Kier molecular flexibility index (Phi) is 18.8. The number of aryl methyl sites for hydroxylation is 4. The summed E-state index contributed by atoms with van der Waals surface area (Å²) in [6.07, 6.45) is 7.06. The van der Waals surface area contributed by atoms with E-state index in [1.807, 2.05) is 65.8 Å². The van der Waals surface area contributed by atoms with Gasteiger partial charge in [-0.1, -0.05) is 56.1 Å². The molecule has 0 aliphatic heterocycles. The number of benzene rings is 4. The number of carbonyl (C=O) groups is 4. The largest absolute Gasteiger partial charge is 0.465 e. The Morgan fingerprint density at radius 2 is 0.846 bits per heavy atom. The van der Waals surface area contributed by atoms with Gasteiger partial charge in [-0.3, -0.25) is 0 Å². The Labute approximate surface area is 401 Å². The number of hydrogen-bond donors (Lipinski definition) is 4. The maximum Gasteiger partial charge on any atom is 0.408 e. The van der Waals surface area contributed by atoms with Gasteiger partial charge in [0.25, 0.3) is 0 Å². The zero-order chi connectivity index (χ0) is 46.9. The van der Waals surface area contributed by atoms with Gasteiger partial charge in [-0.2, -0.15) is 0 Å². The number of halogens is 2. The molecule has 14 heteroatoms. The molecule has 0 bridgehead atoms. The molecule has 4 atom stereocenters. The highest BCUT2D eigenvalue weighted by Gasteiger charge is 2.29. The lowest BCUT2D eigenvalue weighted by Gasteiger charge is -2.22. The predicted molar refractivity (Wildman–Crippen MR) is 262 cm³/mol. The molecule has 4 aromatic carbocycles. The van der Waals surface area contributed by atoms with Crippen molar-refractivity contribution in [2.75, 3.05) is 14.2 Å². The molecule has 8 rings (SSSR count). The van der Waals surface area contributed by atoms with E-state index in [2.05, 4.69) is 77.6 Å². The van der Waals surface area contributed by atoms with Crippen molar-refractivity contribution in [3.63, 3.8) is 0 Å². The van der Waals surface area contributed by atoms with Crippen LogP contribution >= 0.6 is 31.9 Å². The van der Waals surface area contributed by atoms with E-state index < -0.39 is 17.3 Å². The molecule has 4 aromatic rings. The molecule has 2 amide bonds. The summed E-state index contributed by atoms with van der Waals surface area (Å²) in [5.41, 5.74) is 21.6. The Morgan fingerprint density at radius 3 is 1.25 bits per heavy atom. The van der Waals surface area contributed by atoms with Crippen LogP contribution in [-0.4, -0.2) is 49.5 Å². The molecule has 0 radical (unpaired) electrons. The number of esters is 2. The average molecular weight is 1020 g/mol. The summed E-state index contributed by atoms with van der Waals surface area (Å²) >= 11 is 6.90. The molecule has 0 spiro atoms. The number of alkyl carbamates (subject to hydrolysis) is 2. The minimum absolute atomic E-state index is 0. The standard InChI is InChI=1S/C16H21NO4.C14H18BrNO2.C11H13NO2.C9H10BrN.CH3/c1-16(2,3)21-15(19)17-13-8-7-10-5-6-11(9-12(10)13)14(18)20-4;1-14(2,3)18-13(17)16-12-7-5-9-4-6-10(15)8-11(9)12;1-14-11(13)8-3-2-7-4-5-10(12)9(7)6-8;10-7-3-1-6-2-4-9(11)8(6)5-7;/h5-6,9,13H,7-8H2,1-4H3,(H,17,19);4,6,8,12H,5,7H2,1-3H3,(H,16,17);2-3,6,10H,4-5,12H2,1H3;1,3,5,9H,2,4,11H2;1H3/q;;;;-1/t13-;12-;10-;9-;/m1111./s1. The highest BCUT2D eigenvalue weighted by atomic mass is 79.9. The normalized spacial score (nSPS) is 18.4. The highest BCUT2D eigenvalue weighted by molar-refractivity contribution is 9.10. The summed E-state index contributed by atoms with van der Waals surface area (Å²) in [4.78, 5) is 46.5. The summed E-state index contributed by atoms with van der Waals surface area (Å²) < 4.78 is 22.1. The third-order valence-corrected chi connectivity index (χ3v) is 12.1. The Balaban J connectivity index is 0.000000193. The first kappa shape index (κ1) is 52.9. The van der Waals surface area contributed by atoms with Crippen molar-refractivity contribution < 1.29 is 38.1 Å². The lowest BCUT2D eigenvalue weighted by molar-refractivity contribution is 0.0492. The van der Waals surface area contributed by atoms with Crippen LogP contribution in [0.25, 0.3) is 0 Å². The van der Waals surface area contributed by atoms with Gasteiger partial charge >= 0.3 is 24.1 Å². The number of nitrogens with two attached hydrogens (primary N) is 2. The van der Waals surface area contributed by atoms with Crippen molar-refractivity contribution in [1.29, 1.82) is 0 Å². The fourth-order valence-electron chi connectivity index (χ4n) is 8.10. The van der Waals surface area contributed by atoms with Crippen LogP contribution in [0.3, 0.4) is 0 Å². The highest BCUT2D eigenvalue weighted by Crippen LogP contribution is 2.35. The van der Waals surface area contributed by atoms with Crippen molar-refractivity contribution in [2.24, 2.45) is 11.5 Å². The maximum atomic E-state index is 11.9. The molecule has 0 fully saturated rings. The number of carbonyl (C=O) groups excluding carboxylic acids is 4. The first-order valence-corrected chi connectivity index (χ1v) is 23.2. The third kappa shape index (κ3) is 15.1. The topological polar surface area (TPSA) is 181 Å². The van der Waals surface area contributed by atoms with Crippen LogP contribution in [0.1, 0.15) is 157 Å². The SMILES string of the molecule is CC(C)(C)OC(=O)N[C@@H]1CCc2ccc(Br)cc21.COC(=O)c1ccc2c(c1)[C@H](N)CC2.COC(=O)c1ccc2c(c1)[C@H](NC(=O)OC(C)(C)C)CC2.N[C@@H]1CCc2ccc(Br)cc21.[CH3-]. The molecule has 6 N–H and O–H groups in total. The van der Waals surface area contributed by atoms with Crippen molar-refractivity contribution in [1.82, 2.24) is 10.6 Å². The van der Waals surface area contributed by atoms with Gasteiger partial charge in [0.1, 0.15) is 11.2 Å². The lowest BCUT2D eigenvalue weighted by Crippen LogP contribution is -2.34. The van der Waals surface area contributed by atoms with Crippen LogP contribution < -0.4 is 22.1 Å². The fraction of sp³-hybridized carbons (Fsp3) is 0.431. The summed E-state index contributed by atoms with van der Waals surface area (Å²) in [6, 6.07) is 23.9. The molecule has 352 valence electrons. The van der Waals surface area contributed by atoms with E-state index in [0.29, 0.717) is 11.1 Å². The Bertz CT molecular complexity index is 2320. The van der Waals surface area contributed by atoms with Crippen LogP contribution in [0.5, 0.6) is 0 Å². The maximum absolute atomic E-state index is 11.9. The number of hydrogen-bond acceptors (Lipinski definition) is 10. The van der Waals surface area contributed by atoms with Crippen molar-refractivity contribution in [3.8, 4) is 0 Å². The molecule has 12 nitrogen and oxygen atoms in total. The summed E-state index contributed by atoms with van der Waals surface area (Å²) in [5, 5.41) is 5.80. The minimum atomic E-state index is -0.528. The second kappa shape index (κ2) is 23.1. The van der Waals surface area contributed by atoms with Gasteiger partial charge in [0.05, 0.1) is 37.4 Å². The molecule has 0 aromatic heterocycles. The molecule has 65 heavy (non-hydrogen) atoms. The van der Waals surface area contributed by atoms with Crippen LogP contribution in [0.15, 0.2) is 81.7 Å². The zero-order valence-corrected chi connectivity index (χ0v) is 42.2. The number of methoxy groups -OCH3 is 2. The van der Waals surface area contributed by atoms with Crippen LogP contribution in [-0.2, 0) is 44.6 Å². The molecular weight excluding hydrogens is 956 g/mol. The number of nitrogens with one attached hydrogen (secondary N) is 2. The van der Waals surface area contributed by atoms with Crippen molar-refractivity contribution in [2.45, 2.75) is 128 Å². The van der Waals surface area contributed by atoms with E-state index in [9.17, 15) is 19.2 Å². The Hall–Kier alpha value is -4.76. The van der Waals surface area contributed by atoms with E-state index in [0.717, 1.165) is 77.0 Å². The predicted octanol–water partition coefficient (Wildman–Crippen LogP) is 11.2. The molecule has 4 aliphatic carbocycles. The van der Waals surface area contributed by atoms with Crippen molar-refractivity contribution >= 4 is 56.0 Å². The summed E-state index contributed by atoms with van der Waals surface area (Å²) in [6.45, 7) is 11.1. The number of fused-ring (bicyclic) bond motifs is 4. The Morgan fingerprint density at radius 1 is 0.523 bits per heavy atom. The first-order chi connectivity index (χ1) is 30.1. The smallest absolute Gasteiger partial charge is 0.408 e. The molecular formula is C51H65Br2N4O8-. The number of rotatable bonds is 4. The molecule has 0 heterocycles. The van der Waals surface area contributed by atoms with E-state index in [4.69, 9.17) is 25.7 Å². The fourth-order valence-corrected chi connectivity index (χ4v) is 8.86. The molecule has 0 saturated heterocycles. The van der Waals surface area contributed by atoms with Crippen LogP contribution in [0, 0.1) is 7.43 Å². The average Bonchev–Trinajstić information content (AvgIpc) is 4.02. The summed E-state index contributed by atoms with van der Waals surface area (Å²) in [7, 11) is 2.74. The second-order valence-electron chi connectivity index (χ2n) is 18.3.